The number of benzene rings is 1. The summed E-state index contributed by atoms with van der Waals surface area (Å²) in [6.07, 6.45) is 3.19. The van der Waals surface area contributed by atoms with Crippen LogP contribution in [-0.4, -0.2) is 21.4 Å². The summed E-state index contributed by atoms with van der Waals surface area (Å²) in [6.45, 7) is 3.18. The summed E-state index contributed by atoms with van der Waals surface area (Å²) in [5.74, 6) is 0.292. The molecule has 1 amide bonds. The van der Waals surface area contributed by atoms with Crippen molar-refractivity contribution in [3.8, 4) is 0 Å². The van der Waals surface area contributed by atoms with E-state index in [9.17, 15) is 9.59 Å². The highest BCUT2D eigenvalue weighted by molar-refractivity contribution is 5.98. The van der Waals surface area contributed by atoms with E-state index in [-0.39, 0.29) is 11.8 Å². The molecule has 2 rings (SSSR count). The average molecular weight is 243 g/mol. The predicted octanol–water partition coefficient (Wildman–Crippen LogP) is 1.84. The Morgan fingerprint density at radius 2 is 2.11 bits per heavy atom. The van der Waals surface area contributed by atoms with E-state index in [4.69, 9.17) is 0 Å². The summed E-state index contributed by atoms with van der Waals surface area (Å²) < 4.78 is 1.47. The molecule has 1 heterocycles. The van der Waals surface area contributed by atoms with Gasteiger partial charge in [-0.15, -0.1) is 0 Å². The van der Waals surface area contributed by atoms with Crippen LogP contribution < -0.4 is 5.32 Å². The Hall–Kier alpha value is -2.43. The lowest BCUT2D eigenvalue weighted by molar-refractivity contribution is -0.114. The molecule has 18 heavy (non-hydrogen) atoms. The highest BCUT2D eigenvalue weighted by Crippen LogP contribution is 2.12. The van der Waals surface area contributed by atoms with E-state index in [2.05, 4.69) is 10.3 Å². The van der Waals surface area contributed by atoms with Gasteiger partial charge in [-0.1, -0.05) is 6.07 Å². The van der Waals surface area contributed by atoms with Crippen LogP contribution >= 0.6 is 0 Å². The molecule has 0 aliphatic carbocycles. The SMILES string of the molecule is CC(=O)Nc1cccc(C(=O)n2ccnc2C)c1. The summed E-state index contributed by atoms with van der Waals surface area (Å²) in [6, 6.07) is 6.81. The lowest BCUT2D eigenvalue weighted by Gasteiger charge is -2.06. The van der Waals surface area contributed by atoms with Gasteiger partial charge in [0.2, 0.25) is 5.91 Å². The van der Waals surface area contributed by atoms with Crippen LogP contribution in [0.25, 0.3) is 0 Å². The van der Waals surface area contributed by atoms with Crippen LogP contribution in [0.3, 0.4) is 0 Å². The summed E-state index contributed by atoms with van der Waals surface area (Å²) in [5.41, 5.74) is 1.11. The molecule has 0 aliphatic heterocycles. The van der Waals surface area contributed by atoms with Crippen molar-refractivity contribution in [1.29, 1.82) is 0 Å². The van der Waals surface area contributed by atoms with Gasteiger partial charge < -0.3 is 5.32 Å². The molecule has 1 aromatic heterocycles. The molecule has 0 unspecified atom stereocenters. The summed E-state index contributed by atoms with van der Waals surface area (Å²) in [7, 11) is 0. The largest absolute Gasteiger partial charge is 0.326 e. The lowest BCUT2D eigenvalue weighted by atomic mass is 10.2. The molecule has 0 fully saturated rings. The van der Waals surface area contributed by atoms with Gasteiger partial charge in [0.05, 0.1) is 0 Å². The number of hydrogen-bond donors (Lipinski definition) is 1. The normalized spacial score (nSPS) is 10.1. The molecule has 0 bridgehead atoms. The van der Waals surface area contributed by atoms with E-state index in [1.165, 1.54) is 11.5 Å². The number of carbonyl (C=O) groups excluding carboxylic acids is 2. The Kier molecular flexibility index (Phi) is 3.23. The van der Waals surface area contributed by atoms with Gasteiger partial charge in [0.25, 0.3) is 5.91 Å². The van der Waals surface area contributed by atoms with Crippen LogP contribution in [0.1, 0.15) is 23.1 Å². The van der Waals surface area contributed by atoms with E-state index in [0.717, 1.165) is 0 Å². The second-order valence-electron chi connectivity index (χ2n) is 3.91. The van der Waals surface area contributed by atoms with Crippen molar-refractivity contribution in [2.24, 2.45) is 0 Å². The molecule has 0 saturated heterocycles. The van der Waals surface area contributed by atoms with Crippen LogP contribution in [0, 0.1) is 6.92 Å². The van der Waals surface area contributed by atoms with Gasteiger partial charge in [0, 0.05) is 30.6 Å². The van der Waals surface area contributed by atoms with E-state index in [1.54, 1.807) is 43.6 Å². The minimum absolute atomic E-state index is 0.168. The lowest BCUT2D eigenvalue weighted by Crippen LogP contribution is -2.13. The first-order valence-electron chi connectivity index (χ1n) is 5.50. The molecular formula is C13H13N3O2. The first-order valence-corrected chi connectivity index (χ1v) is 5.50. The number of rotatable bonds is 2. The molecule has 5 nitrogen and oxygen atoms in total. The van der Waals surface area contributed by atoms with Crippen LogP contribution in [0.2, 0.25) is 0 Å². The molecule has 5 heteroatoms. The number of imidazole rings is 1. The quantitative estimate of drug-likeness (QED) is 0.875. The Morgan fingerprint density at radius 3 is 2.72 bits per heavy atom. The smallest absolute Gasteiger partial charge is 0.263 e. The fourth-order valence-corrected chi connectivity index (χ4v) is 1.66. The number of nitrogens with zero attached hydrogens (tertiary/aromatic N) is 2. The zero-order chi connectivity index (χ0) is 13.1. The van der Waals surface area contributed by atoms with Gasteiger partial charge in [0.15, 0.2) is 0 Å². The fourth-order valence-electron chi connectivity index (χ4n) is 1.66. The Balaban J connectivity index is 2.31. The average Bonchev–Trinajstić information content (AvgIpc) is 2.74. The fraction of sp³-hybridized carbons (Fsp3) is 0.154. The highest BCUT2D eigenvalue weighted by atomic mass is 16.2. The maximum atomic E-state index is 12.2. The Bertz CT molecular complexity index is 602. The standard InChI is InChI=1S/C13H13N3O2/c1-9-14-6-7-16(9)13(18)11-4-3-5-12(8-11)15-10(2)17/h3-8H,1-2H3,(H,15,17). The number of hydrogen-bond acceptors (Lipinski definition) is 3. The maximum absolute atomic E-state index is 12.2. The molecular weight excluding hydrogens is 230 g/mol. The van der Waals surface area contributed by atoms with Crippen molar-refractivity contribution in [2.45, 2.75) is 13.8 Å². The molecule has 1 aromatic carbocycles. The van der Waals surface area contributed by atoms with Crippen LogP contribution in [0.4, 0.5) is 5.69 Å². The maximum Gasteiger partial charge on any atom is 0.263 e. The number of anilines is 1. The van der Waals surface area contributed by atoms with Gasteiger partial charge in [-0.25, -0.2) is 4.98 Å². The van der Waals surface area contributed by atoms with E-state index < -0.39 is 0 Å². The minimum Gasteiger partial charge on any atom is -0.326 e. The third kappa shape index (κ3) is 2.45. The summed E-state index contributed by atoms with van der Waals surface area (Å²) in [4.78, 5) is 27.1. The van der Waals surface area contributed by atoms with E-state index in [0.29, 0.717) is 17.1 Å². The Morgan fingerprint density at radius 1 is 1.33 bits per heavy atom. The second kappa shape index (κ2) is 4.83. The van der Waals surface area contributed by atoms with Gasteiger partial charge >= 0.3 is 0 Å². The van der Waals surface area contributed by atoms with Crippen LogP contribution in [0.15, 0.2) is 36.7 Å². The van der Waals surface area contributed by atoms with Gasteiger partial charge in [0.1, 0.15) is 5.82 Å². The first kappa shape index (κ1) is 12.0. The first-order chi connectivity index (χ1) is 8.58. The number of amides is 1. The van der Waals surface area contributed by atoms with Gasteiger partial charge in [-0.2, -0.15) is 0 Å². The van der Waals surface area contributed by atoms with Crippen molar-refractivity contribution in [3.05, 3.63) is 48.0 Å². The molecule has 0 spiro atoms. The topological polar surface area (TPSA) is 64.0 Å². The number of carbonyl (C=O) groups is 2. The van der Waals surface area contributed by atoms with Gasteiger partial charge in [-0.05, 0) is 25.1 Å². The molecule has 0 radical (unpaired) electrons. The zero-order valence-corrected chi connectivity index (χ0v) is 10.2. The molecule has 0 aliphatic rings. The monoisotopic (exact) mass is 243 g/mol. The summed E-state index contributed by atoms with van der Waals surface area (Å²) in [5, 5.41) is 2.64. The minimum atomic E-state index is -0.169. The van der Waals surface area contributed by atoms with E-state index >= 15 is 0 Å². The van der Waals surface area contributed by atoms with Crippen molar-refractivity contribution >= 4 is 17.5 Å². The second-order valence-corrected chi connectivity index (χ2v) is 3.91. The molecule has 0 atom stereocenters. The number of nitrogens with one attached hydrogen (secondary N) is 1. The summed E-state index contributed by atoms with van der Waals surface area (Å²) >= 11 is 0. The van der Waals surface area contributed by atoms with Crippen LogP contribution in [0.5, 0.6) is 0 Å². The van der Waals surface area contributed by atoms with E-state index in [1.807, 2.05) is 0 Å². The number of aromatic nitrogens is 2. The molecule has 1 N–H and O–H groups in total. The molecule has 2 aromatic rings. The van der Waals surface area contributed by atoms with Crippen molar-refractivity contribution in [1.82, 2.24) is 9.55 Å². The van der Waals surface area contributed by atoms with Crippen molar-refractivity contribution in [3.63, 3.8) is 0 Å². The zero-order valence-electron chi connectivity index (χ0n) is 10.2. The molecule has 92 valence electrons. The van der Waals surface area contributed by atoms with Crippen LogP contribution in [-0.2, 0) is 4.79 Å². The molecule has 0 saturated carbocycles. The predicted molar refractivity (Wildman–Crippen MR) is 67.4 cm³/mol. The highest BCUT2D eigenvalue weighted by Gasteiger charge is 2.11. The third-order valence-electron chi connectivity index (χ3n) is 2.47. The third-order valence-corrected chi connectivity index (χ3v) is 2.47. The van der Waals surface area contributed by atoms with Crippen molar-refractivity contribution < 1.29 is 9.59 Å². The van der Waals surface area contributed by atoms with Crippen molar-refractivity contribution in [2.75, 3.05) is 5.32 Å². The van der Waals surface area contributed by atoms with Gasteiger partial charge in [-0.3, -0.25) is 14.2 Å². The number of aryl methyl sites for hydroxylation is 1. The Labute approximate surface area is 104 Å².